The van der Waals surface area contributed by atoms with Gasteiger partial charge in [-0.2, -0.15) is 9.98 Å². The molecule has 0 bridgehead atoms. The van der Waals surface area contributed by atoms with Crippen LogP contribution in [0.4, 0.5) is 11.4 Å². The maximum atomic E-state index is 13.2. The van der Waals surface area contributed by atoms with Gasteiger partial charge in [0.1, 0.15) is 0 Å². The lowest BCUT2D eigenvalue weighted by Crippen LogP contribution is -2.47. The highest BCUT2D eigenvalue weighted by Gasteiger charge is 2.52. The van der Waals surface area contributed by atoms with E-state index in [4.69, 9.17) is 9.47 Å². The number of esters is 2. The standard InChI is InChI=1S/C21H18N2O4S2/c1-3-26-19(24)21(20(25)27-4-2,15-5-9-17(10-6-15)22-13-28)16-7-11-18(12-8-16)23-14-29/h5-12H,3-4H2,1-2H3. The fraction of sp³-hybridized carbons (Fsp3) is 0.238. The molecule has 2 aromatic carbocycles. The van der Waals surface area contributed by atoms with E-state index >= 15 is 0 Å². The number of hydrogen-bond acceptors (Lipinski definition) is 8. The summed E-state index contributed by atoms with van der Waals surface area (Å²) in [6, 6.07) is 13.0. The molecule has 6 nitrogen and oxygen atoms in total. The van der Waals surface area contributed by atoms with Gasteiger partial charge < -0.3 is 9.47 Å². The number of carbonyl (C=O) groups excluding carboxylic acids is 2. The number of nitrogens with zero attached hydrogens (tertiary/aromatic N) is 2. The Morgan fingerprint density at radius 1 is 0.793 bits per heavy atom. The fourth-order valence-electron chi connectivity index (χ4n) is 2.88. The van der Waals surface area contributed by atoms with Gasteiger partial charge in [-0.1, -0.05) is 24.3 Å². The first-order valence-electron chi connectivity index (χ1n) is 8.75. The predicted molar refractivity (Wildman–Crippen MR) is 116 cm³/mol. The van der Waals surface area contributed by atoms with Crippen molar-refractivity contribution in [3.8, 4) is 0 Å². The Bertz CT molecular complexity index is 893. The Morgan fingerprint density at radius 3 is 1.41 bits per heavy atom. The minimum Gasteiger partial charge on any atom is -0.465 e. The number of thiocarbonyl (C=S) groups is 2. The summed E-state index contributed by atoms with van der Waals surface area (Å²) in [5.74, 6) is -1.48. The topological polar surface area (TPSA) is 77.3 Å². The molecule has 2 rings (SSSR count). The molecule has 8 heteroatoms. The third-order valence-electron chi connectivity index (χ3n) is 4.11. The second-order valence-corrected chi connectivity index (χ2v) is 6.06. The van der Waals surface area contributed by atoms with Crippen LogP contribution in [0.15, 0.2) is 58.5 Å². The van der Waals surface area contributed by atoms with Crippen LogP contribution in [0.2, 0.25) is 0 Å². The van der Waals surface area contributed by atoms with E-state index in [0.717, 1.165) is 0 Å². The van der Waals surface area contributed by atoms with Crippen molar-refractivity contribution in [2.75, 3.05) is 13.2 Å². The molecule has 0 heterocycles. The molecule has 0 atom stereocenters. The van der Waals surface area contributed by atoms with Crippen LogP contribution in [0.1, 0.15) is 25.0 Å². The molecule has 2 aromatic rings. The van der Waals surface area contributed by atoms with Crippen LogP contribution in [0.3, 0.4) is 0 Å². The maximum Gasteiger partial charge on any atom is 0.332 e. The Labute approximate surface area is 179 Å². The highest BCUT2D eigenvalue weighted by atomic mass is 32.1. The monoisotopic (exact) mass is 426 g/mol. The highest BCUT2D eigenvalue weighted by Crippen LogP contribution is 2.37. The van der Waals surface area contributed by atoms with Crippen molar-refractivity contribution in [3.05, 3.63) is 59.7 Å². The Hall–Kier alpha value is -3.02. The summed E-state index contributed by atoms with van der Waals surface area (Å²) in [5.41, 5.74) is 0.0194. The minimum absolute atomic E-state index is 0.0978. The van der Waals surface area contributed by atoms with Crippen molar-refractivity contribution >= 4 is 58.1 Å². The molecule has 0 aliphatic rings. The van der Waals surface area contributed by atoms with Gasteiger partial charge in [0.2, 0.25) is 5.41 Å². The van der Waals surface area contributed by atoms with Gasteiger partial charge in [0, 0.05) is 0 Å². The maximum absolute atomic E-state index is 13.2. The van der Waals surface area contributed by atoms with E-state index in [1.807, 2.05) is 0 Å². The van der Waals surface area contributed by atoms with Crippen molar-refractivity contribution in [1.29, 1.82) is 0 Å². The largest absolute Gasteiger partial charge is 0.465 e. The summed E-state index contributed by atoms with van der Waals surface area (Å²) < 4.78 is 10.6. The van der Waals surface area contributed by atoms with Crippen molar-refractivity contribution < 1.29 is 19.1 Å². The molecule has 0 aliphatic carbocycles. The molecule has 0 radical (unpaired) electrons. The fourth-order valence-corrected chi connectivity index (χ4v) is 3.09. The molecule has 0 spiro atoms. The quantitative estimate of drug-likeness (QED) is 0.266. The molecule has 0 unspecified atom stereocenters. The van der Waals surface area contributed by atoms with Gasteiger partial charge in [-0.05, 0) is 73.7 Å². The normalized spacial score (nSPS) is 10.3. The number of ether oxygens (including phenoxy) is 2. The minimum atomic E-state index is -1.81. The van der Waals surface area contributed by atoms with E-state index in [2.05, 4.69) is 44.7 Å². The zero-order valence-corrected chi connectivity index (χ0v) is 17.5. The SMILES string of the molecule is CCOC(=O)C(C(=O)OCC)(c1ccc(N=C=S)cc1)c1ccc(N=C=S)cc1. The van der Waals surface area contributed by atoms with Crippen LogP contribution in [0.5, 0.6) is 0 Å². The zero-order chi connectivity index (χ0) is 21.3. The van der Waals surface area contributed by atoms with Crippen LogP contribution in [-0.4, -0.2) is 35.5 Å². The van der Waals surface area contributed by atoms with Gasteiger partial charge >= 0.3 is 11.9 Å². The summed E-state index contributed by atoms with van der Waals surface area (Å²) in [7, 11) is 0. The average molecular weight is 427 g/mol. The Morgan fingerprint density at radius 2 is 1.14 bits per heavy atom. The van der Waals surface area contributed by atoms with Crippen molar-refractivity contribution in [1.82, 2.24) is 0 Å². The Balaban J connectivity index is 2.77. The summed E-state index contributed by atoms with van der Waals surface area (Å²) in [4.78, 5) is 34.2. The van der Waals surface area contributed by atoms with Crippen LogP contribution in [0, 0.1) is 0 Å². The van der Waals surface area contributed by atoms with Crippen LogP contribution >= 0.6 is 24.4 Å². The molecule has 0 saturated heterocycles. The van der Waals surface area contributed by atoms with Crippen molar-refractivity contribution in [3.63, 3.8) is 0 Å². The third kappa shape index (κ3) is 4.70. The molecular weight excluding hydrogens is 408 g/mol. The molecule has 0 aliphatic heterocycles. The van der Waals surface area contributed by atoms with E-state index in [-0.39, 0.29) is 13.2 Å². The molecule has 148 valence electrons. The van der Waals surface area contributed by atoms with Crippen molar-refractivity contribution in [2.24, 2.45) is 9.98 Å². The molecule has 29 heavy (non-hydrogen) atoms. The lowest BCUT2D eigenvalue weighted by atomic mass is 9.74. The van der Waals surface area contributed by atoms with Gasteiger partial charge in [-0.25, -0.2) is 0 Å². The first-order chi connectivity index (χ1) is 14.0. The van der Waals surface area contributed by atoms with Gasteiger partial charge in [-0.15, -0.1) is 0 Å². The van der Waals surface area contributed by atoms with E-state index in [1.54, 1.807) is 62.4 Å². The van der Waals surface area contributed by atoms with E-state index in [0.29, 0.717) is 22.5 Å². The van der Waals surface area contributed by atoms with E-state index in [9.17, 15) is 9.59 Å². The van der Waals surface area contributed by atoms with Crippen LogP contribution in [-0.2, 0) is 24.5 Å². The average Bonchev–Trinajstić information content (AvgIpc) is 2.72. The number of hydrogen-bond donors (Lipinski definition) is 0. The smallest absolute Gasteiger partial charge is 0.332 e. The van der Waals surface area contributed by atoms with E-state index in [1.165, 1.54) is 0 Å². The van der Waals surface area contributed by atoms with Gasteiger partial charge in [0.05, 0.1) is 34.9 Å². The number of rotatable bonds is 8. The molecule has 0 amide bonds. The number of carbonyl (C=O) groups is 2. The molecule has 0 saturated carbocycles. The lowest BCUT2D eigenvalue weighted by Gasteiger charge is -2.30. The lowest BCUT2D eigenvalue weighted by molar-refractivity contribution is -0.162. The van der Waals surface area contributed by atoms with Gasteiger partial charge in [0.15, 0.2) is 0 Å². The number of benzene rings is 2. The zero-order valence-electron chi connectivity index (χ0n) is 15.9. The number of aliphatic imine (C=N–C) groups is 2. The highest BCUT2D eigenvalue weighted by molar-refractivity contribution is 7.78. The molecule has 0 fully saturated rings. The van der Waals surface area contributed by atoms with Gasteiger partial charge in [0.25, 0.3) is 0 Å². The van der Waals surface area contributed by atoms with Gasteiger partial charge in [-0.3, -0.25) is 9.59 Å². The Kier molecular flexibility index (Phi) is 8.07. The first kappa shape index (κ1) is 22.3. The van der Waals surface area contributed by atoms with E-state index < -0.39 is 17.4 Å². The second-order valence-electron chi connectivity index (χ2n) is 5.69. The predicted octanol–water partition coefficient (Wildman–Crippen LogP) is 4.57. The number of isothiocyanates is 2. The first-order valence-corrected chi connectivity index (χ1v) is 9.57. The third-order valence-corrected chi connectivity index (χ3v) is 4.30. The molecule has 0 aromatic heterocycles. The summed E-state index contributed by atoms with van der Waals surface area (Å²) in [6.07, 6.45) is 0. The van der Waals surface area contributed by atoms with Crippen LogP contribution in [0.25, 0.3) is 0 Å². The van der Waals surface area contributed by atoms with Crippen LogP contribution < -0.4 is 0 Å². The summed E-state index contributed by atoms with van der Waals surface area (Å²) >= 11 is 9.23. The molecule has 0 N–H and O–H groups in total. The van der Waals surface area contributed by atoms with Crippen molar-refractivity contribution in [2.45, 2.75) is 19.3 Å². The summed E-state index contributed by atoms with van der Waals surface area (Å²) in [6.45, 7) is 3.53. The molecular formula is C21H18N2O4S2. The second kappa shape index (κ2) is 10.5. The summed E-state index contributed by atoms with van der Waals surface area (Å²) in [5, 5.41) is 4.56.